The number of rotatable bonds is 3. The van der Waals surface area contributed by atoms with Gasteiger partial charge in [0, 0.05) is 23.9 Å². The van der Waals surface area contributed by atoms with Crippen LogP contribution in [-0.4, -0.2) is 36.6 Å². The molecule has 1 aliphatic heterocycles. The van der Waals surface area contributed by atoms with Gasteiger partial charge in [-0.2, -0.15) is 0 Å². The van der Waals surface area contributed by atoms with Crippen LogP contribution in [-0.2, 0) is 21.4 Å². The first-order valence-electron chi connectivity index (χ1n) is 6.27. The Hall–Kier alpha value is -0.780. The average molecular weight is 268 g/mol. The molecule has 1 fully saturated rings. The summed E-state index contributed by atoms with van der Waals surface area (Å²) >= 11 is 1.56. The van der Waals surface area contributed by atoms with Gasteiger partial charge in [0.25, 0.3) is 0 Å². The highest BCUT2D eigenvalue weighted by atomic mass is 32.1. The molecule has 2 rings (SSSR count). The Kier molecular flexibility index (Phi) is 4.14. The van der Waals surface area contributed by atoms with E-state index in [1.54, 1.807) is 11.3 Å². The Balaban J connectivity index is 1.96. The Morgan fingerprint density at radius 1 is 1.61 bits per heavy atom. The van der Waals surface area contributed by atoms with Gasteiger partial charge in [-0.1, -0.05) is 20.8 Å². The van der Waals surface area contributed by atoms with Crippen LogP contribution >= 0.6 is 11.3 Å². The van der Waals surface area contributed by atoms with E-state index in [1.165, 1.54) is 0 Å². The van der Waals surface area contributed by atoms with Gasteiger partial charge in [0.1, 0.15) is 11.1 Å². The lowest BCUT2D eigenvalue weighted by Gasteiger charge is -2.22. The number of hydrogen-bond donors (Lipinski definition) is 1. The number of nitrogens with zero attached hydrogens (tertiary/aromatic N) is 1. The minimum atomic E-state index is -0.305. The van der Waals surface area contributed by atoms with E-state index in [0.29, 0.717) is 19.6 Å². The first-order chi connectivity index (χ1) is 8.47. The molecule has 0 aliphatic carbocycles. The minimum absolute atomic E-state index is 0.0424. The molecule has 4 nitrogen and oxygen atoms in total. The van der Waals surface area contributed by atoms with E-state index in [9.17, 15) is 4.79 Å². The van der Waals surface area contributed by atoms with Crippen molar-refractivity contribution in [2.45, 2.75) is 38.7 Å². The van der Waals surface area contributed by atoms with Crippen LogP contribution in [0.15, 0.2) is 5.38 Å². The van der Waals surface area contributed by atoms with E-state index in [4.69, 9.17) is 4.74 Å². The van der Waals surface area contributed by atoms with Crippen LogP contribution in [0.4, 0.5) is 0 Å². The number of ketones is 1. The van der Waals surface area contributed by atoms with Crippen molar-refractivity contribution in [3.63, 3.8) is 0 Å². The second kappa shape index (κ2) is 5.47. The molecule has 1 aromatic rings. The molecule has 1 aromatic heterocycles. The third kappa shape index (κ3) is 3.37. The van der Waals surface area contributed by atoms with Crippen molar-refractivity contribution < 1.29 is 9.53 Å². The van der Waals surface area contributed by atoms with E-state index in [1.807, 2.05) is 5.38 Å². The van der Waals surface area contributed by atoms with E-state index in [-0.39, 0.29) is 17.3 Å². The summed E-state index contributed by atoms with van der Waals surface area (Å²) in [7, 11) is 0. The Morgan fingerprint density at radius 2 is 2.39 bits per heavy atom. The summed E-state index contributed by atoms with van der Waals surface area (Å²) < 4.78 is 5.45. The van der Waals surface area contributed by atoms with Crippen LogP contribution in [0.2, 0.25) is 0 Å². The third-order valence-corrected chi connectivity index (χ3v) is 3.78. The Bertz CT molecular complexity index is 417. The zero-order valence-corrected chi connectivity index (χ0v) is 12.0. The van der Waals surface area contributed by atoms with E-state index in [0.717, 1.165) is 17.2 Å². The zero-order valence-electron chi connectivity index (χ0n) is 11.2. The van der Waals surface area contributed by atoms with Gasteiger partial charge in [0.05, 0.1) is 18.7 Å². The van der Waals surface area contributed by atoms with Crippen molar-refractivity contribution in [3.8, 4) is 0 Å². The topological polar surface area (TPSA) is 51.2 Å². The number of nitrogens with one attached hydrogen (secondary N) is 1. The lowest BCUT2D eigenvalue weighted by atomic mass is 9.93. The van der Waals surface area contributed by atoms with Crippen molar-refractivity contribution in [3.05, 3.63) is 16.1 Å². The number of aromatic nitrogens is 1. The summed E-state index contributed by atoms with van der Waals surface area (Å²) in [5.74, 6) is 0.122. The lowest BCUT2D eigenvalue weighted by Crippen LogP contribution is -2.43. The molecule has 0 bridgehead atoms. The molecule has 1 aliphatic rings. The van der Waals surface area contributed by atoms with E-state index >= 15 is 0 Å². The van der Waals surface area contributed by atoms with Crippen molar-refractivity contribution >= 4 is 17.1 Å². The van der Waals surface area contributed by atoms with Crippen LogP contribution < -0.4 is 5.32 Å². The molecule has 18 heavy (non-hydrogen) atoms. The molecule has 1 N–H and O–H groups in total. The van der Waals surface area contributed by atoms with Crippen molar-refractivity contribution in [2.24, 2.45) is 0 Å². The maximum Gasteiger partial charge on any atom is 0.169 e. The highest BCUT2D eigenvalue weighted by molar-refractivity contribution is 7.09. The van der Waals surface area contributed by atoms with Crippen LogP contribution in [0.5, 0.6) is 0 Å². The number of carbonyl (C=O) groups is 1. The predicted octanol–water partition coefficient (Wildman–Crippen LogP) is 1.54. The van der Waals surface area contributed by atoms with Crippen LogP contribution in [0.3, 0.4) is 0 Å². The molecule has 0 aromatic carbocycles. The van der Waals surface area contributed by atoms with Gasteiger partial charge in [0.15, 0.2) is 5.78 Å². The summed E-state index contributed by atoms with van der Waals surface area (Å²) in [4.78, 5) is 16.6. The molecule has 100 valence electrons. The number of morpholine rings is 1. The Labute approximate surface area is 112 Å². The molecular formula is C13H20N2O2S. The van der Waals surface area contributed by atoms with Crippen molar-refractivity contribution in [1.29, 1.82) is 0 Å². The largest absolute Gasteiger partial charge is 0.368 e. The van der Waals surface area contributed by atoms with Gasteiger partial charge in [-0.15, -0.1) is 11.3 Å². The summed E-state index contributed by atoms with van der Waals surface area (Å²) in [5, 5.41) is 6.10. The van der Waals surface area contributed by atoms with Gasteiger partial charge in [-0.25, -0.2) is 4.98 Å². The minimum Gasteiger partial charge on any atom is -0.368 e. The maximum absolute atomic E-state index is 12.0. The monoisotopic (exact) mass is 268 g/mol. The van der Waals surface area contributed by atoms with Crippen molar-refractivity contribution in [1.82, 2.24) is 10.3 Å². The smallest absolute Gasteiger partial charge is 0.169 e. The summed E-state index contributed by atoms with van der Waals surface area (Å²) in [6.07, 6.45) is 0.0772. The van der Waals surface area contributed by atoms with E-state index in [2.05, 4.69) is 31.1 Å². The number of hydrogen-bond acceptors (Lipinski definition) is 5. The van der Waals surface area contributed by atoms with E-state index < -0.39 is 0 Å². The molecule has 0 saturated carbocycles. The number of thiazole rings is 1. The van der Waals surface area contributed by atoms with Gasteiger partial charge in [-0.3, -0.25) is 4.79 Å². The van der Waals surface area contributed by atoms with Crippen molar-refractivity contribution in [2.75, 3.05) is 19.7 Å². The Morgan fingerprint density at radius 3 is 2.94 bits per heavy atom. The summed E-state index contributed by atoms with van der Waals surface area (Å²) in [6.45, 7) is 8.44. The third-order valence-electron chi connectivity index (χ3n) is 2.93. The molecule has 2 heterocycles. The summed E-state index contributed by atoms with van der Waals surface area (Å²) in [5.41, 5.74) is 1.10. The molecule has 0 radical (unpaired) electrons. The number of Topliss-reactive ketones (excluding diaryl/α,β-unsaturated/α-hetero) is 1. The highest BCUT2D eigenvalue weighted by Gasteiger charge is 2.24. The molecule has 0 spiro atoms. The SMILES string of the molecule is CC(C)(C)c1csc(CC(=O)C2CNCCO2)n1. The second-order valence-corrected chi connectivity index (χ2v) is 6.53. The fraction of sp³-hybridized carbons (Fsp3) is 0.692. The first-order valence-corrected chi connectivity index (χ1v) is 7.15. The predicted molar refractivity (Wildman–Crippen MR) is 72.1 cm³/mol. The van der Waals surface area contributed by atoms with Crippen LogP contribution in [0.25, 0.3) is 0 Å². The van der Waals surface area contributed by atoms with Gasteiger partial charge >= 0.3 is 0 Å². The van der Waals surface area contributed by atoms with Crippen LogP contribution in [0.1, 0.15) is 31.5 Å². The van der Waals surface area contributed by atoms with Gasteiger partial charge in [0.2, 0.25) is 0 Å². The van der Waals surface area contributed by atoms with Crippen LogP contribution in [0, 0.1) is 0 Å². The number of carbonyl (C=O) groups excluding carboxylic acids is 1. The zero-order chi connectivity index (χ0) is 13.2. The standard InChI is InChI=1S/C13H20N2O2S/c1-13(2,3)11-8-18-12(15-11)6-9(16)10-7-14-4-5-17-10/h8,10,14H,4-7H2,1-3H3. The normalized spacial score (nSPS) is 20.9. The fourth-order valence-electron chi connectivity index (χ4n) is 1.77. The molecule has 1 unspecified atom stereocenters. The fourth-order valence-corrected chi connectivity index (χ4v) is 2.80. The number of ether oxygens (including phenoxy) is 1. The summed E-state index contributed by atoms with van der Waals surface area (Å²) in [6, 6.07) is 0. The molecule has 5 heteroatoms. The molecule has 1 saturated heterocycles. The highest BCUT2D eigenvalue weighted by Crippen LogP contribution is 2.24. The quantitative estimate of drug-likeness (QED) is 0.903. The second-order valence-electron chi connectivity index (χ2n) is 5.58. The van der Waals surface area contributed by atoms with Gasteiger partial charge in [-0.05, 0) is 0 Å². The average Bonchev–Trinajstić information content (AvgIpc) is 2.78. The molecule has 0 amide bonds. The lowest BCUT2D eigenvalue weighted by molar-refractivity contribution is -0.131. The maximum atomic E-state index is 12.0. The molecular weight excluding hydrogens is 248 g/mol. The first kappa shape index (κ1) is 13.6. The molecule has 1 atom stereocenters. The van der Waals surface area contributed by atoms with Gasteiger partial charge < -0.3 is 10.1 Å².